The highest BCUT2D eigenvalue weighted by Crippen LogP contribution is 2.31. The summed E-state index contributed by atoms with van der Waals surface area (Å²) in [6.07, 6.45) is 0.848. The number of rotatable bonds is 9. The Bertz CT molecular complexity index is 1010. The van der Waals surface area contributed by atoms with Crippen LogP contribution in [0.1, 0.15) is 30.5 Å². The van der Waals surface area contributed by atoms with Crippen LogP contribution in [0.25, 0.3) is 22.8 Å². The molecular formula is C23H30N4O4. The van der Waals surface area contributed by atoms with E-state index in [9.17, 15) is 5.11 Å². The number of aliphatic hydroxyl groups excluding tert-OH is 2. The molecule has 3 aromatic rings. The standard InChI is InChI=1S/C23H30N4O4/c1-6-27(7-2)22-16(5)10-18(11-24-22)23-25-21(26-31-23)17-8-14(3)20(15(4)9-17)30-13-19(29)12-28/h8-11,19,28-29H,6-7,12-13H2,1-5H3. The van der Waals surface area contributed by atoms with Gasteiger partial charge < -0.3 is 24.4 Å². The number of pyridine rings is 1. The molecule has 0 radical (unpaired) electrons. The fourth-order valence-electron chi connectivity index (χ4n) is 3.54. The molecule has 8 nitrogen and oxygen atoms in total. The van der Waals surface area contributed by atoms with Gasteiger partial charge in [-0.1, -0.05) is 5.16 Å². The summed E-state index contributed by atoms with van der Waals surface area (Å²) < 4.78 is 11.2. The highest BCUT2D eigenvalue weighted by atomic mass is 16.5. The predicted octanol–water partition coefficient (Wildman–Crippen LogP) is 3.30. The van der Waals surface area contributed by atoms with Crippen molar-refractivity contribution in [3.8, 4) is 28.6 Å². The Morgan fingerprint density at radius 3 is 2.26 bits per heavy atom. The van der Waals surface area contributed by atoms with Crippen molar-refractivity contribution in [2.45, 2.75) is 40.7 Å². The molecule has 0 saturated carbocycles. The van der Waals surface area contributed by atoms with Crippen molar-refractivity contribution in [1.82, 2.24) is 15.1 Å². The molecule has 8 heteroatoms. The van der Waals surface area contributed by atoms with Crippen LogP contribution in [0.3, 0.4) is 0 Å². The van der Waals surface area contributed by atoms with Gasteiger partial charge in [-0.15, -0.1) is 0 Å². The van der Waals surface area contributed by atoms with Crippen molar-refractivity contribution in [2.75, 3.05) is 31.2 Å². The first-order valence-corrected chi connectivity index (χ1v) is 10.5. The fraction of sp³-hybridized carbons (Fsp3) is 0.435. The van der Waals surface area contributed by atoms with Gasteiger partial charge >= 0.3 is 0 Å². The Morgan fingerprint density at radius 2 is 1.68 bits per heavy atom. The van der Waals surface area contributed by atoms with Gasteiger partial charge in [-0.05, 0) is 69.5 Å². The second-order valence-electron chi connectivity index (χ2n) is 7.55. The quantitative estimate of drug-likeness (QED) is 0.537. The van der Waals surface area contributed by atoms with Crippen molar-refractivity contribution in [3.63, 3.8) is 0 Å². The molecule has 0 aliphatic rings. The van der Waals surface area contributed by atoms with Crippen LogP contribution >= 0.6 is 0 Å². The van der Waals surface area contributed by atoms with Gasteiger partial charge in [0.2, 0.25) is 5.82 Å². The van der Waals surface area contributed by atoms with Crippen molar-refractivity contribution in [3.05, 3.63) is 41.1 Å². The second-order valence-corrected chi connectivity index (χ2v) is 7.55. The zero-order valence-electron chi connectivity index (χ0n) is 18.7. The Kier molecular flexibility index (Phi) is 7.25. The van der Waals surface area contributed by atoms with Crippen LogP contribution in [0.5, 0.6) is 5.75 Å². The maximum Gasteiger partial charge on any atom is 0.259 e. The number of nitrogens with zero attached hydrogens (tertiary/aromatic N) is 4. The SMILES string of the molecule is CCN(CC)c1ncc(-c2nc(-c3cc(C)c(OCC(O)CO)c(C)c3)no2)cc1C. The van der Waals surface area contributed by atoms with Crippen LogP contribution in [0.15, 0.2) is 28.9 Å². The van der Waals surface area contributed by atoms with Gasteiger partial charge in [-0.3, -0.25) is 0 Å². The van der Waals surface area contributed by atoms with Gasteiger partial charge in [0.1, 0.15) is 24.3 Å². The van der Waals surface area contributed by atoms with Crippen molar-refractivity contribution in [2.24, 2.45) is 0 Å². The van der Waals surface area contributed by atoms with E-state index in [2.05, 4.69) is 33.9 Å². The molecule has 1 unspecified atom stereocenters. The zero-order valence-corrected chi connectivity index (χ0v) is 18.7. The monoisotopic (exact) mass is 426 g/mol. The average Bonchev–Trinajstić information content (AvgIpc) is 3.25. The number of hydrogen-bond acceptors (Lipinski definition) is 8. The van der Waals surface area contributed by atoms with Crippen LogP contribution in [-0.2, 0) is 0 Å². The highest BCUT2D eigenvalue weighted by Gasteiger charge is 2.16. The molecule has 2 heterocycles. The molecule has 3 rings (SSSR count). The number of benzene rings is 1. The van der Waals surface area contributed by atoms with Gasteiger partial charge in [0, 0.05) is 24.8 Å². The van der Waals surface area contributed by atoms with Crippen LogP contribution in [0.2, 0.25) is 0 Å². The number of hydrogen-bond donors (Lipinski definition) is 2. The molecule has 0 amide bonds. The minimum Gasteiger partial charge on any atom is -0.490 e. The van der Waals surface area contributed by atoms with E-state index in [1.807, 2.05) is 39.0 Å². The molecule has 1 atom stereocenters. The van der Waals surface area contributed by atoms with E-state index in [-0.39, 0.29) is 13.2 Å². The largest absolute Gasteiger partial charge is 0.490 e. The third-order valence-corrected chi connectivity index (χ3v) is 5.14. The maximum atomic E-state index is 9.52. The Hall–Kier alpha value is -2.97. The summed E-state index contributed by atoms with van der Waals surface area (Å²) in [7, 11) is 0. The van der Waals surface area contributed by atoms with E-state index in [1.54, 1.807) is 6.20 Å². The number of aryl methyl sites for hydroxylation is 3. The number of aliphatic hydroxyl groups is 2. The van der Waals surface area contributed by atoms with Gasteiger partial charge in [0.25, 0.3) is 5.89 Å². The molecular weight excluding hydrogens is 396 g/mol. The molecule has 166 valence electrons. The molecule has 31 heavy (non-hydrogen) atoms. The van der Waals surface area contributed by atoms with Crippen LogP contribution in [0.4, 0.5) is 5.82 Å². The first kappa shape index (κ1) is 22.7. The van der Waals surface area contributed by atoms with Crippen LogP contribution < -0.4 is 9.64 Å². The lowest BCUT2D eigenvalue weighted by Gasteiger charge is -2.21. The van der Waals surface area contributed by atoms with Crippen LogP contribution in [-0.4, -0.2) is 57.7 Å². The van der Waals surface area contributed by atoms with E-state index in [0.29, 0.717) is 17.5 Å². The third-order valence-electron chi connectivity index (χ3n) is 5.14. The molecule has 0 bridgehead atoms. The average molecular weight is 427 g/mol. The molecule has 0 fully saturated rings. The van der Waals surface area contributed by atoms with E-state index in [0.717, 1.165) is 46.7 Å². The van der Waals surface area contributed by atoms with Crippen molar-refractivity contribution in [1.29, 1.82) is 0 Å². The third kappa shape index (κ3) is 5.03. The first-order valence-electron chi connectivity index (χ1n) is 10.5. The van der Waals surface area contributed by atoms with Crippen molar-refractivity contribution < 1.29 is 19.5 Å². The highest BCUT2D eigenvalue weighted by molar-refractivity contribution is 5.64. The fourth-order valence-corrected chi connectivity index (χ4v) is 3.54. The predicted molar refractivity (Wildman–Crippen MR) is 119 cm³/mol. The minimum absolute atomic E-state index is 0.0275. The molecule has 1 aromatic carbocycles. The molecule has 0 saturated heterocycles. The number of anilines is 1. The molecule has 0 aliphatic heterocycles. The molecule has 0 spiro atoms. The summed E-state index contributed by atoms with van der Waals surface area (Å²) in [6, 6.07) is 5.84. The number of aromatic nitrogens is 3. The summed E-state index contributed by atoms with van der Waals surface area (Å²) in [6.45, 7) is 11.6. The van der Waals surface area contributed by atoms with Gasteiger partial charge in [0.05, 0.1) is 12.2 Å². The van der Waals surface area contributed by atoms with Gasteiger partial charge in [-0.25, -0.2) is 4.98 Å². The lowest BCUT2D eigenvalue weighted by molar-refractivity contribution is 0.0532. The summed E-state index contributed by atoms with van der Waals surface area (Å²) in [5.74, 6) is 2.53. The summed E-state index contributed by atoms with van der Waals surface area (Å²) in [4.78, 5) is 11.4. The number of ether oxygens (including phenoxy) is 1. The van der Waals surface area contributed by atoms with E-state index in [4.69, 9.17) is 14.4 Å². The Morgan fingerprint density at radius 1 is 1.03 bits per heavy atom. The Balaban J connectivity index is 1.85. The van der Waals surface area contributed by atoms with Crippen LogP contribution in [0, 0.1) is 20.8 Å². The van der Waals surface area contributed by atoms with E-state index < -0.39 is 6.10 Å². The van der Waals surface area contributed by atoms with Gasteiger partial charge in [-0.2, -0.15) is 4.98 Å². The summed E-state index contributed by atoms with van der Waals surface area (Å²) >= 11 is 0. The smallest absolute Gasteiger partial charge is 0.259 e. The van der Waals surface area contributed by atoms with E-state index in [1.165, 1.54) is 0 Å². The topological polar surface area (TPSA) is 105 Å². The maximum absolute atomic E-state index is 9.52. The normalized spacial score (nSPS) is 12.1. The van der Waals surface area contributed by atoms with E-state index >= 15 is 0 Å². The minimum atomic E-state index is -0.913. The molecule has 0 aliphatic carbocycles. The lowest BCUT2D eigenvalue weighted by Crippen LogP contribution is -2.23. The first-order chi connectivity index (χ1) is 14.9. The lowest BCUT2D eigenvalue weighted by atomic mass is 10.1. The molecule has 2 N–H and O–H groups in total. The summed E-state index contributed by atoms with van der Waals surface area (Å²) in [5.41, 5.74) is 4.41. The Labute approximate surface area is 182 Å². The van der Waals surface area contributed by atoms with Crippen molar-refractivity contribution >= 4 is 5.82 Å². The summed E-state index contributed by atoms with van der Waals surface area (Å²) in [5, 5.41) is 22.6. The second kappa shape index (κ2) is 9.89. The zero-order chi connectivity index (χ0) is 22.5. The van der Waals surface area contributed by atoms with Gasteiger partial charge in [0.15, 0.2) is 0 Å². The molecule has 2 aromatic heterocycles.